The maximum atomic E-state index is 11.8. The number of anilines is 1. The molecule has 0 fully saturated rings. The molecule has 4 nitrogen and oxygen atoms in total. The fraction of sp³-hybridized carbons (Fsp3) is 0.235. The molecule has 1 N–H and O–H groups in total. The number of para-hydroxylation sites is 2. The molecule has 0 saturated heterocycles. The third-order valence-corrected chi connectivity index (χ3v) is 3.25. The summed E-state index contributed by atoms with van der Waals surface area (Å²) in [5.74, 6) is 1.32. The van der Waals surface area contributed by atoms with E-state index in [0.717, 1.165) is 5.69 Å². The minimum absolute atomic E-state index is 0.0500. The molecule has 1 amide bonds. The van der Waals surface area contributed by atoms with Crippen LogP contribution in [-0.4, -0.2) is 19.6 Å². The number of carbonyl (C=O) groups excluding carboxylic acids is 1. The van der Waals surface area contributed by atoms with E-state index in [4.69, 9.17) is 21.1 Å². The standard InChI is InChI=1S/C17H18ClNO3/c1-21-15-5-2-3-6-16(15)22-12-4-7-17(20)19-14-10-8-13(18)9-11-14/h2-3,5-6,8-11H,4,7,12H2,1H3,(H,19,20). The summed E-state index contributed by atoms with van der Waals surface area (Å²) in [6.07, 6.45) is 1.01. The second-order valence-electron chi connectivity index (χ2n) is 4.66. The van der Waals surface area contributed by atoms with E-state index >= 15 is 0 Å². The molecule has 0 unspecified atom stereocenters. The molecule has 0 saturated carbocycles. The van der Waals surface area contributed by atoms with Crippen molar-refractivity contribution < 1.29 is 14.3 Å². The monoisotopic (exact) mass is 319 g/mol. The van der Waals surface area contributed by atoms with Crippen molar-refractivity contribution in [1.29, 1.82) is 0 Å². The number of hydrogen-bond acceptors (Lipinski definition) is 3. The van der Waals surface area contributed by atoms with Crippen molar-refractivity contribution in [2.75, 3.05) is 19.0 Å². The Bertz CT molecular complexity index is 614. The fourth-order valence-corrected chi connectivity index (χ4v) is 2.04. The van der Waals surface area contributed by atoms with Crippen LogP contribution in [0.2, 0.25) is 5.02 Å². The summed E-state index contributed by atoms with van der Waals surface area (Å²) in [6.45, 7) is 0.453. The topological polar surface area (TPSA) is 47.6 Å². The molecule has 0 heterocycles. The minimum Gasteiger partial charge on any atom is -0.493 e. The Morgan fingerprint density at radius 1 is 1.09 bits per heavy atom. The summed E-state index contributed by atoms with van der Waals surface area (Å²) in [5, 5.41) is 3.45. The van der Waals surface area contributed by atoms with Gasteiger partial charge in [0, 0.05) is 17.1 Å². The number of rotatable bonds is 7. The van der Waals surface area contributed by atoms with Crippen molar-refractivity contribution in [3.8, 4) is 11.5 Å². The van der Waals surface area contributed by atoms with Gasteiger partial charge in [0.25, 0.3) is 0 Å². The number of ether oxygens (including phenoxy) is 2. The summed E-state index contributed by atoms with van der Waals surface area (Å²) >= 11 is 5.79. The molecule has 0 aromatic heterocycles. The van der Waals surface area contributed by atoms with Crippen LogP contribution in [0.15, 0.2) is 48.5 Å². The SMILES string of the molecule is COc1ccccc1OCCCC(=O)Nc1ccc(Cl)cc1. The van der Waals surface area contributed by atoms with E-state index < -0.39 is 0 Å². The molecule has 116 valence electrons. The van der Waals surface area contributed by atoms with Crippen molar-refractivity contribution in [3.05, 3.63) is 53.6 Å². The van der Waals surface area contributed by atoms with E-state index in [2.05, 4.69) is 5.32 Å². The number of nitrogens with one attached hydrogen (secondary N) is 1. The quantitative estimate of drug-likeness (QED) is 0.780. The van der Waals surface area contributed by atoms with Gasteiger partial charge < -0.3 is 14.8 Å². The summed E-state index contributed by atoms with van der Waals surface area (Å²) in [4.78, 5) is 11.8. The van der Waals surface area contributed by atoms with E-state index in [1.54, 1.807) is 31.4 Å². The highest BCUT2D eigenvalue weighted by Gasteiger charge is 2.05. The number of halogens is 1. The van der Waals surface area contributed by atoms with Gasteiger partial charge in [-0.15, -0.1) is 0 Å². The molecule has 0 aliphatic carbocycles. The lowest BCUT2D eigenvalue weighted by Gasteiger charge is -2.10. The maximum Gasteiger partial charge on any atom is 0.224 e. The lowest BCUT2D eigenvalue weighted by atomic mass is 10.2. The first-order chi connectivity index (χ1) is 10.7. The van der Waals surface area contributed by atoms with E-state index in [9.17, 15) is 4.79 Å². The highest BCUT2D eigenvalue weighted by atomic mass is 35.5. The second kappa shape index (κ2) is 8.29. The van der Waals surface area contributed by atoms with Crippen LogP contribution in [-0.2, 0) is 4.79 Å². The first-order valence-electron chi connectivity index (χ1n) is 7.00. The van der Waals surface area contributed by atoms with Crippen LogP contribution in [0.3, 0.4) is 0 Å². The summed E-state index contributed by atoms with van der Waals surface area (Å²) < 4.78 is 10.8. The Balaban J connectivity index is 1.72. The smallest absolute Gasteiger partial charge is 0.224 e. The number of carbonyl (C=O) groups is 1. The Morgan fingerprint density at radius 2 is 1.77 bits per heavy atom. The van der Waals surface area contributed by atoms with Crippen LogP contribution in [0.25, 0.3) is 0 Å². The summed E-state index contributed by atoms with van der Waals surface area (Å²) in [6, 6.07) is 14.5. The molecular formula is C17H18ClNO3. The molecule has 2 aromatic carbocycles. The molecule has 2 rings (SSSR count). The molecule has 5 heteroatoms. The lowest BCUT2D eigenvalue weighted by molar-refractivity contribution is -0.116. The van der Waals surface area contributed by atoms with Crippen LogP contribution in [0.1, 0.15) is 12.8 Å². The van der Waals surface area contributed by atoms with Gasteiger partial charge in [0.2, 0.25) is 5.91 Å². The molecule has 2 aromatic rings. The van der Waals surface area contributed by atoms with Crippen LogP contribution >= 0.6 is 11.6 Å². The third kappa shape index (κ3) is 4.97. The molecule has 22 heavy (non-hydrogen) atoms. The van der Waals surface area contributed by atoms with E-state index in [0.29, 0.717) is 36.0 Å². The van der Waals surface area contributed by atoms with Crippen LogP contribution < -0.4 is 14.8 Å². The minimum atomic E-state index is -0.0500. The Morgan fingerprint density at radius 3 is 2.45 bits per heavy atom. The number of benzene rings is 2. The maximum absolute atomic E-state index is 11.8. The zero-order valence-electron chi connectivity index (χ0n) is 12.3. The van der Waals surface area contributed by atoms with Crippen molar-refractivity contribution in [3.63, 3.8) is 0 Å². The van der Waals surface area contributed by atoms with Gasteiger partial charge in [-0.25, -0.2) is 0 Å². The van der Waals surface area contributed by atoms with Gasteiger partial charge >= 0.3 is 0 Å². The van der Waals surface area contributed by atoms with Crippen LogP contribution in [0.4, 0.5) is 5.69 Å². The fourth-order valence-electron chi connectivity index (χ4n) is 1.91. The largest absolute Gasteiger partial charge is 0.493 e. The van der Waals surface area contributed by atoms with Gasteiger partial charge in [-0.3, -0.25) is 4.79 Å². The normalized spacial score (nSPS) is 10.1. The Kier molecular flexibility index (Phi) is 6.10. The van der Waals surface area contributed by atoms with Crippen molar-refractivity contribution >= 4 is 23.2 Å². The lowest BCUT2D eigenvalue weighted by Crippen LogP contribution is -2.12. The van der Waals surface area contributed by atoms with Gasteiger partial charge in [-0.2, -0.15) is 0 Å². The first kappa shape index (κ1) is 16.2. The van der Waals surface area contributed by atoms with Crippen molar-refractivity contribution in [2.45, 2.75) is 12.8 Å². The van der Waals surface area contributed by atoms with E-state index in [-0.39, 0.29) is 5.91 Å². The van der Waals surface area contributed by atoms with Crippen molar-refractivity contribution in [2.24, 2.45) is 0 Å². The predicted octanol–water partition coefficient (Wildman–Crippen LogP) is 4.15. The molecule has 0 atom stereocenters. The molecule has 0 bridgehead atoms. The summed E-state index contributed by atoms with van der Waals surface area (Å²) in [7, 11) is 1.60. The zero-order valence-corrected chi connectivity index (χ0v) is 13.1. The highest BCUT2D eigenvalue weighted by Crippen LogP contribution is 2.25. The predicted molar refractivity (Wildman–Crippen MR) is 87.8 cm³/mol. The Hall–Kier alpha value is -2.20. The van der Waals surface area contributed by atoms with E-state index in [1.165, 1.54) is 0 Å². The van der Waals surface area contributed by atoms with Gasteiger partial charge in [-0.1, -0.05) is 23.7 Å². The van der Waals surface area contributed by atoms with Gasteiger partial charge in [0.1, 0.15) is 0 Å². The highest BCUT2D eigenvalue weighted by molar-refractivity contribution is 6.30. The zero-order chi connectivity index (χ0) is 15.8. The Labute approximate surface area is 135 Å². The molecule has 0 aliphatic heterocycles. The average Bonchev–Trinajstić information content (AvgIpc) is 2.54. The third-order valence-electron chi connectivity index (χ3n) is 3.00. The molecule has 0 spiro atoms. The average molecular weight is 320 g/mol. The van der Waals surface area contributed by atoms with Gasteiger partial charge in [0.05, 0.1) is 13.7 Å². The number of hydrogen-bond donors (Lipinski definition) is 1. The van der Waals surface area contributed by atoms with Gasteiger partial charge in [0.15, 0.2) is 11.5 Å². The molecular weight excluding hydrogens is 302 g/mol. The van der Waals surface area contributed by atoms with Crippen LogP contribution in [0.5, 0.6) is 11.5 Å². The first-order valence-corrected chi connectivity index (χ1v) is 7.38. The summed E-state index contributed by atoms with van der Waals surface area (Å²) in [5.41, 5.74) is 0.736. The van der Waals surface area contributed by atoms with Gasteiger partial charge in [-0.05, 0) is 42.8 Å². The second-order valence-corrected chi connectivity index (χ2v) is 5.09. The number of methoxy groups -OCH3 is 1. The number of amides is 1. The molecule has 0 radical (unpaired) electrons. The molecule has 0 aliphatic rings. The van der Waals surface area contributed by atoms with E-state index in [1.807, 2.05) is 24.3 Å². The van der Waals surface area contributed by atoms with Crippen molar-refractivity contribution in [1.82, 2.24) is 0 Å². The van der Waals surface area contributed by atoms with Crippen LogP contribution in [0, 0.1) is 0 Å².